The van der Waals surface area contributed by atoms with Crippen LogP contribution in [0.1, 0.15) is 6.42 Å². The number of nitrogens with zero attached hydrogens (tertiary/aromatic N) is 2. The maximum atomic E-state index is 10.4. The van der Waals surface area contributed by atoms with Crippen molar-refractivity contribution in [2.75, 3.05) is 34.2 Å². The van der Waals surface area contributed by atoms with Crippen molar-refractivity contribution in [3.8, 4) is 0 Å². The van der Waals surface area contributed by atoms with E-state index in [-0.39, 0.29) is 0 Å². The van der Waals surface area contributed by atoms with Gasteiger partial charge in [0.2, 0.25) is 11.3 Å². The van der Waals surface area contributed by atoms with Crippen LogP contribution in [-0.4, -0.2) is 52.2 Å². The maximum Gasteiger partial charge on any atom is 0.234 e. The van der Waals surface area contributed by atoms with Crippen molar-refractivity contribution < 1.29 is 8.76 Å². The summed E-state index contributed by atoms with van der Waals surface area (Å²) in [5.41, 5.74) is 0. The van der Waals surface area contributed by atoms with E-state index in [4.69, 9.17) is 4.55 Å². The third-order valence-electron chi connectivity index (χ3n) is 1.34. The molecule has 0 fully saturated rings. The molecule has 5 heteroatoms. The van der Waals surface area contributed by atoms with Crippen molar-refractivity contribution in [2.24, 2.45) is 0 Å². The standard InChI is InChI=1S/C6H16N2O2S/c1-7(2)5-4-6-8(3)11(9)10/h4-6H2,1-3H3,(H,9,10). The molecule has 0 aromatic rings. The van der Waals surface area contributed by atoms with E-state index < -0.39 is 11.3 Å². The van der Waals surface area contributed by atoms with E-state index in [1.807, 2.05) is 19.0 Å². The average molecular weight is 180 g/mol. The van der Waals surface area contributed by atoms with E-state index in [0.717, 1.165) is 13.0 Å². The van der Waals surface area contributed by atoms with Crippen molar-refractivity contribution in [1.82, 2.24) is 9.21 Å². The summed E-state index contributed by atoms with van der Waals surface area (Å²) in [5.74, 6) is 0. The minimum atomic E-state index is -1.81. The van der Waals surface area contributed by atoms with Crippen LogP contribution < -0.4 is 0 Å². The molecule has 0 saturated carbocycles. The van der Waals surface area contributed by atoms with E-state index in [1.54, 1.807) is 7.05 Å². The van der Waals surface area contributed by atoms with Gasteiger partial charge in [-0.15, -0.1) is 0 Å². The van der Waals surface area contributed by atoms with Gasteiger partial charge in [-0.1, -0.05) is 0 Å². The largest absolute Gasteiger partial charge is 0.309 e. The van der Waals surface area contributed by atoms with Crippen LogP contribution in [-0.2, 0) is 11.3 Å². The van der Waals surface area contributed by atoms with Crippen molar-refractivity contribution in [2.45, 2.75) is 6.42 Å². The fourth-order valence-corrected chi connectivity index (χ4v) is 0.973. The van der Waals surface area contributed by atoms with Gasteiger partial charge in [0.25, 0.3) is 0 Å². The van der Waals surface area contributed by atoms with Gasteiger partial charge in [-0.05, 0) is 27.1 Å². The van der Waals surface area contributed by atoms with Crippen LogP contribution in [0.5, 0.6) is 0 Å². The van der Waals surface area contributed by atoms with Crippen LogP contribution >= 0.6 is 0 Å². The Balaban J connectivity index is 3.31. The lowest BCUT2D eigenvalue weighted by molar-refractivity contribution is 0.367. The van der Waals surface area contributed by atoms with Crippen molar-refractivity contribution in [3.63, 3.8) is 0 Å². The van der Waals surface area contributed by atoms with E-state index >= 15 is 0 Å². The molecule has 0 bridgehead atoms. The summed E-state index contributed by atoms with van der Waals surface area (Å²) in [4.78, 5) is 2.05. The van der Waals surface area contributed by atoms with E-state index in [9.17, 15) is 4.21 Å². The highest BCUT2D eigenvalue weighted by molar-refractivity contribution is 7.76. The molecule has 0 aromatic carbocycles. The first kappa shape index (κ1) is 11.0. The summed E-state index contributed by atoms with van der Waals surface area (Å²) in [7, 11) is 5.59. The molecule has 0 amide bonds. The van der Waals surface area contributed by atoms with Crippen LogP contribution in [0.3, 0.4) is 0 Å². The Labute approximate surface area is 70.6 Å². The summed E-state index contributed by atoms with van der Waals surface area (Å²) in [6.07, 6.45) is 0.913. The highest BCUT2D eigenvalue weighted by atomic mass is 32.2. The second-order valence-electron chi connectivity index (χ2n) is 2.74. The molecule has 0 aliphatic carbocycles. The molecule has 0 aromatic heterocycles. The first-order valence-corrected chi connectivity index (χ1v) is 4.57. The topological polar surface area (TPSA) is 43.8 Å². The molecule has 0 aliphatic heterocycles. The van der Waals surface area contributed by atoms with Crippen LogP contribution in [0, 0.1) is 0 Å². The predicted molar refractivity (Wildman–Crippen MR) is 46.6 cm³/mol. The lowest BCUT2D eigenvalue weighted by atomic mass is 10.4. The minimum absolute atomic E-state index is 0.654. The zero-order valence-corrected chi connectivity index (χ0v) is 8.10. The Morgan fingerprint density at radius 2 is 1.82 bits per heavy atom. The van der Waals surface area contributed by atoms with Crippen molar-refractivity contribution in [1.29, 1.82) is 0 Å². The molecule has 0 aliphatic rings. The third-order valence-corrected chi connectivity index (χ3v) is 2.06. The van der Waals surface area contributed by atoms with Gasteiger partial charge in [-0.3, -0.25) is 4.55 Å². The van der Waals surface area contributed by atoms with Gasteiger partial charge in [0.15, 0.2) is 0 Å². The normalized spacial score (nSPS) is 14.4. The Morgan fingerprint density at radius 1 is 1.27 bits per heavy atom. The van der Waals surface area contributed by atoms with E-state index in [2.05, 4.69) is 0 Å². The summed E-state index contributed by atoms with van der Waals surface area (Å²) in [6, 6.07) is 0. The summed E-state index contributed by atoms with van der Waals surface area (Å²) in [6.45, 7) is 1.60. The van der Waals surface area contributed by atoms with Crippen molar-refractivity contribution >= 4 is 11.3 Å². The molecule has 0 saturated heterocycles. The lowest BCUT2D eigenvalue weighted by Crippen LogP contribution is -2.25. The SMILES string of the molecule is CN(C)CCCN(C)S(=O)O. The molecule has 11 heavy (non-hydrogen) atoms. The summed E-state index contributed by atoms with van der Waals surface area (Å²) < 4.78 is 20.4. The monoisotopic (exact) mass is 180 g/mol. The molecule has 1 unspecified atom stereocenters. The molecular formula is C6H16N2O2S. The fraction of sp³-hybridized carbons (Fsp3) is 1.00. The van der Waals surface area contributed by atoms with Gasteiger partial charge >= 0.3 is 0 Å². The van der Waals surface area contributed by atoms with E-state index in [1.165, 1.54) is 4.31 Å². The van der Waals surface area contributed by atoms with Gasteiger partial charge < -0.3 is 4.90 Å². The molecule has 68 valence electrons. The predicted octanol–water partition coefficient (Wildman–Crippen LogP) is 0.00660. The molecule has 0 radical (unpaired) electrons. The minimum Gasteiger partial charge on any atom is -0.309 e. The molecule has 4 nitrogen and oxygen atoms in total. The number of hydrogen-bond donors (Lipinski definition) is 1. The maximum absolute atomic E-state index is 10.4. The summed E-state index contributed by atoms with van der Waals surface area (Å²) >= 11 is -1.81. The van der Waals surface area contributed by atoms with E-state index in [0.29, 0.717) is 6.54 Å². The highest BCUT2D eigenvalue weighted by Gasteiger charge is 2.02. The van der Waals surface area contributed by atoms with Crippen LogP contribution in [0.15, 0.2) is 0 Å². The van der Waals surface area contributed by atoms with Crippen LogP contribution in [0.2, 0.25) is 0 Å². The smallest absolute Gasteiger partial charge is 0.234 e. The number of hydrogen-bond acceptors (Lipinski definition) is 2. The zero-order chi connectivity index (χ0) is 8.85. The van der Waals surface area contributed by atoms with Gasteiger partial charge in [0.1, 0.15) is 0 Å². The molecule has 0 heterocycles. The molecular weight excluding hydrogens is 164 g/mol. The zero-order valence-electron chi connectivity index (χ0n) is 7.28. The highest BCUT2D eigenvalue weighted by Crippen LogP contribution is 1.90. The Hall–Kier alpha value is 0.0300. The quantitative estimate of drug-likeness (QED) is 0.606. The Bertz CT molecular complexity index is 130. The van der Waals surface area contributed by atoms with Gasteiger partial charge in [-0.2, -0.15) is 0 Å². The molecule has 0 rings (SSSR count). The average Bonchev–Trinajstić information content (AvgIpc) is 1.86. The Morgan fingerprint density at radius 3 is 2.18 bits per heavy atom. The Kier molecular flexibility index (Phi) is 5.67. The summed E-state index contributed by atoms with van der Waals surface area (Å²) in [5, 5.41) is 0. The molecule has 0 spiro atoms. The lowest BCUT2D eigenvalue weighted by Gasteiger charge is -2.13. The van der Waals surface area contributed by atoms with Gasteiger partial charge in [-0.25, -0.2) is 8.51 Å². The van der Waals surface area contributed by atoms with Crippen LogP contribution in [0.25, 0.3) is 0 Å². The molecule has 1 N–H and O–H groups in total. The molecule has 1 atom stereocenters. The first-order valence-electron chi connectivity index (χ1n) is 3.51. The third kappa shape index (κ3) is 6.43. The van der Waals surface area contributed by atoms with Gasteiger partial charge in [0, 0.05) is 13.6 Å². The second-order valence-corrected chi connectivity index (χ2v) is 3.82. The van der Waals surface area contributed by atoms with Crippen molar-refractivity contribution in [3.05, 3.63) is 0 Å². The van der Waals surface area contributed by atoms with Crippen LogP contribution in [0.4, 0.5) is 0 Å². The second kappa shape index (κ2) is 5.65. The number of rotatable bonds is 5. The fourth-order valence-electron chi connectivity index (χ4n) is 0.688. The first-order chi connectivity index (χ1) is 5.04. The van der Waals surface area contributed by atoms with Gasteiger partial charge in [0.05, 0.1) is 0 Å².